The van der Waals surface area contributed by atoms with Crippen molar-refractivity contribution < 1.29 is 9.47 Å². The Morgan fingerprint density at radius 3 is 1.38 bits per heavy atom. The average molecular weight is 295 g/mol. The summed E-state index contributed by atoms with van der Waals surface area (Å²) in [6, 6.07) is 0. The maximum absolute atomic E-state index is 5.59. The fraction of sp³-hybridized carbons (Fsp3) is 1.00. The Morgan fingerprint density at radius 1 is 0.769 bits per heavy atom. The van der Waals surface area contributed by atoms with Gasteiger partial charge in [-0.15, -0.1) is 0 Å². The van der Waals surface area contributed by atoms with E-state index in [2.05, 4.69) is 27.7 Å². The number of hydrogen-bond donors (Lipinski definition) is 0. The van der Waals surface area contributed by atoms with Gasteiger partial charge in [-0.3, -0.25) is 0 Å². The van der Waals surface area contributed by atoms with Gasteiger partial charge in [-0.05, 0) is 0 Å². The van der Waals surface area contributed by atoms with Crippen molar-refractivity contribution in [1.82, 2.24) is 0 Å². The summed E-state index contributed by atoms with van der Waals surface area (Å²) in [5.41, 5.74) is 0. The van der Waals surface area contributed by atoms with Crippen LogP contribution in [0.15, 0.2) is 0 Å². The van der Waals surface area contributed by atoms with Gasteiger partial charge in [0, 0.05) is 0 Å². The van der Waals surface area contributed by atoms with E-state index in [1.54, 1.807) is 0 Å². The van der Waals surface area contributed by atoms with E-state index in [-0.39, 0.29) is 0 Å². The molecule has 0 aliphatic heterocycles. The average Bonchev–Trinajstić information content (AvgIpc) is 2.20. The molecule has 0 amide bonds. The van der Waals surface area contributed by atoms with Gasteiger partial charge in [0.05, 0.1) is 0 Å². The Kier molecular flexibility index (Phi) is 8.51. The molecule has 0 radical (unpaired) electrons. The van der Waals surface area contributed by atoms with E-state index in [1.807, 2.05) is 0 Å². The summed E-state index contributed by atoms with van der Waals surface area (Å²) < 4.78 is 15.9. The van der Waals surface area contributed by atoms with E-state index < -0.39 is 18.4 Å². The van der Waals surface area contributed by atoms with Crippen molar-refractivity contribution in [3.8, 4) is 0 Å². The van der Waals surface area contributed by atoms with Gasteiger partial charge in [0.2, 0.25) is 0 Å². The SMILES string of the molecule is CCO[CH2][Sn]([CH2]C)([CH2]C)[CH2]OCC. The molecule has 0 aliphatic rings. The molecule has 13 heavy (non-hydrogen) atoms. The molecule has 0 saturated heterocycles. The molecule has 0 aliphatic carbocycles. The second-order valence-corrected chi connectivity index (χ2v) is 17.7. The molecule has 0 fully saturated rings. The summed E-state index contributed by atoms with van der Waals surface area (Å²) >= 11 is -1.98. The minimum atomic E-state index is -1.98. The Hall–Kier alpha value is 0.719. The third-order valence-corrected chi connectivity index (χ3v) is 15.9. The fourth-order valence-electron chi connectivity index (χ4n) is 1.34. The summed E-state index contributed by atoms with van der Waals surface area (Å²) in [6.07, 6.45) is 0. The molecule has 0 bridgehead atoms. The van der Waals surface area contributed by atoms with Crippen LogP contribution in [0.2, 0.25) is 8.87 Å². The molecule has 0 heterocycles. The van der Waals surface area contributed by atoms with Crippen LogP contribution in [0.4, 0.5) is 0 Å². The topological polar surface area (TPSA) is 18.5 Å². The van der Waals surface area contributed by atoms with Crippen molar-refractivity contribution in [2.24, 2.45) is 0 Å². The van der Waals surface area contributed by atoms with E-state index in [0.717, 1.165) is 22.5 Å². The van der Waals surface area contributed by atoms with Crippen molar-refractivity contribution in [3.63, 3.8) is 0 Å². The van der Waals surface area contributed by atoms with Gasteiger partial charge in [-0.25, -0.2) is 0 Å². The molecule has 0 aromatic rings. The first-order valence-corrected chi connectivity index (χ1v) is 13.5. The molecule has 2 nitrogen and oxygen atoms in total. The molecule has 0 atom stereocenters. The van der Waals surface area contributed by atoms with Gasteiger partial charge < -0.3 is 0 Å². The molecule has 0 aromatic carbocycles. The third-order valence-electron chi connectivity index (χ3n) is 2.72. The van der Waals surface area contributed by atoms with Crippen LogP contribution in [0.1, 0.15) is 27.7 Å². The fourth-order valence-corrected chi connectivity index (χ4v) is 8.97. The van der Waals surface area contributed by atoms with Gasteiger partial charge in [-0.2, -0.15) is 0 Å². The molecule has 0 rings (SSSR count). The monoisotopic (exact) mass is 296 g/mol. The van der Waals surface area contributed by atoms with E-state index in [1.165, 1.54) is 8.87 Å². The quantitative estimate of drug-likeness (QED) is 0.641. The van der Waals surface area contributed by atoms with E-state index in [9.17, 15) is 0 Å². The number of ether oxygens (including phenoxy) is 2. The predicted molar refractivity (Wildman–Crippen MR) is 59.7 cm³/mol. The number of rotatable bonds is 8. The summed E-state index contributed by atoms with van der Waals surface area (Å²) in [5.74, 6) is 0. The Bertz CT molecular complexity index is 103. The Morgan fingerprint density at radius 2 is 1.15 bits per heavy atom. The van der Waals surface area contributed by atoms with E-state index in [0.29, 0.717) is 0 Å². The molecule has 3 heteroatoms. The Labute approximate surface area is 86.9 Å². The van der Waals surface area contributed by atoms with Crippen LogP contribution < -0.4 is 0 Å². The van der Waals surface area contributed by atoms with Crippen LogP contribution in [0, 0.1) is 0 Å². The molecule has 0 N–H and O–H groups in total. The van der Waals surface area contributed by atoms with E-state index >= 15 is 0 Å². The minimum absolute atomic E-state index is 0.852. The molecule has 0 unspecified atom stereocenters. The van der Waals surface area contributed by atoms with Crippen molar-refractivity contribution in [2.45, 2.75) is 36.6 Å². The molecule has 0 spiro atoms. The normalized spacial score (nSPS) is 12.0. The summed E-state index contributed by atoms with van der Waals surface area (Å²) in [5, 5.41) is 0. The zero-order chi connectivity index (χ0) is 10.2. The van der Waals surface area contributed by atoms with Crippen LogP contribution in [0.25, 0.3) is 0 Å². The van der Waals surface area contributed by atoms with Crippen molar-refractivity contribution in [2.75, 3.05) is 22.5 Å². The van der Waals surface area contributed by atoms with Crippen molar-refractivity contribution in [1.29, 1.82) is 0 Å². The van der Waals surface area contributed by atoms with Gasteiger partial charge in [-0.1, -0.05) is 0 Å². The van der Waals surface area contributed by atoms with Crippen LogP contribution >= 0.6 is 0 Å². The maximum atomic E-state index is 5.59. The summed E-state index contributed by atoms with van der Waals surface area (Å²) in [6.45, 7) is 10.5. The summed E-state index contributed by atoms with van der Waals surface area (Å²) in [7, 11) is 0. The standard InChI is InChI=1S/2C3H7O.2C2H5.Sn/c2*1-3-4-2;2*1-2;/h2*2-3H2,1H3;2*1H2,2H3;. The van der Waals surface area contributed by atoms with Crippen LogP contribution in [0.5, 0.6) is 0 Å². The third kappa shape index (κ3) is 5.23. The van der Waals surface area contributed by atoms with Gasteiger partial charge in [0.25, 0.3) is 0 Å². The Balaban J connectivity index is 3.97. The second kappa shape index (κ2) is 8.06. The summed E-state index contributed by atoms with van der Waals surface area (Å²) in [4.78, 5) is 0. The zero-order valence-electron chi connectivity index (χ0n) is 9.56. The van der Waals surface area contributed by atoms with Crippen LogP contribution in [-0.2, 0) is 9.47 Å². The molecular weight excluding hydrogens is 271 g/mol. The second-order valence-electron chi connectivity index (χ2n) is 3.48. The van der Waals surface area contributed by atoms with Crippen LogP contribution in [0.3, 0.4) is 0 Å². The van der Waals surface area contributed by atoms with Gasteiger partial charge in [0.15, 0.2) is 0 Å². The zero-order valence-corrected chi connectivity index (χ0v) is 12.4. The first kappa shape index (κ1) is 13.7. The predicted octanol–water partition coefficient (Wildman–Crippen LogP) is 2.63. The van der Waals surface area contributed by atoms with Crippen molar-refractivity contribution in [3.05, 3.63) is 0 Å². The van der Waals surface area contributed by atoms with Gasteiger partial charge in [0.1, 0.15) is 0 Å². The van der Waals surface area contributed by atoms with Crippen molar-refractivity contribution >= 4 is 18.4 Å². The van der Waals surface area contributed by atoms with Crippen LogP contribution in [-0.4, -0.2) is 40.8 Å². The van der Waals surface area contributed by atoms with E-state index in [4.69, 9.17) is 9.47 Å². The molecule has 80 valence electrons. The molecular formula is C10H24O2Sn. The molecule has 0 aromatic heterocycles. The molecule has 0 saturated carbocycles. The first-order chi connectivity index (χ1) is 6.24. The first-order valence-electron chi connectivity index (χ1n) is 5.40. The number of hydrogen-bond acceptors (Lipinski definition) is 2. The van der Waals surface area contributed by atoms with Gasteiger partial charge >= 0.3 is 86.9 Å².